The van der Waals surface area contributed by atoms with E-state index in [0.29, 0.717) is 24.9 Å². The summed E-state index contributed by atoms with van der Waals surface area (Å²) < 4.78 is 13.4. The van der Waals surface area contributed by atoms with Crippen molar-refractivity contribution >= 4 is 11.8 Å². The summed E-state index contributed by atoms with van der Waals surface area (Å²) in [6.07, 6.45) is 3.04. The van der Waals surface area contributed by atoms with Crippen LogP contribution in [0.25, 0.3) is 0 Å². The van der Waals surface area contributed by atoms with Gasteiger partial charge in [0.1, 0.15) is 11.9 Å². The van der Waals surface area contributed by atoms with Crippen LogP contribution in [0.4, 0.5) is 4.39 Å². The van der Waals surface area contributed by atoms with Crippen molar-refractivity contribution in [1.82, 2.24) is 10.6 Å². The normalized spacial score (nSPS) is 19.1. The first-order valence-electron chi connectivity index (χ1n) is 6.97. The Morgan fingerprint density at radius 1 is 1.35 bits per heavy atom. The highest BCUT2D eigenvalue weighted by Crippen LogP contribution is 2.10. The van der Waals surface area contributed by atoms with E-state index in [1.165, 1.54) is 6.07 Å². The maximum Gasteiger partial charge on any atom is 0.242 e. The molecule has 0 spiro atoms. The van der Waals surface area contributed by atoms with Crippen molar-refractivity contribution in [2.45, 2.75) is 38.1 Å². The maximum absolute atomic E-state index is 13.4. The van der Waals surface area contributed by atoms with E-state index in [9.17, 15) is 14.0 Å². The van der Waals surface area contributed by atoms with Gasteiger partial charge in [0.05, 0.1) is 0 Å². The minimum Gasteiger partial charge on any atom is -0.354 e. The molecule has 0 aliphatic carbocycles. The van der Waals surface area contributed by atoms with E-state index in [1.807, 2.05) is 0 Å². The molecule has 5 heteroatoms. The molecule has 1 aliphatic heterocycles. The summed E-state index contributed by atoms with van der Waals surface area (Å²) in [5.74, 6) is -0.635. The number of hydrogen-bond donors (Lipinski definition) is 2. The van der Waals surface area contributed by atoms with Crippen molar-refractivity contribution in [3.63, 3.8) is 0 Å². The molecule has 2 amide bonds. The van der Waals surface area contributed by atoms with E-state index in [2.05, 4.69) is 10.6 Å². The van der Waals surface area contributed by atoms with E-state index < -0.39 is 6.04 Å². The zero-order chi connectivity index (χ0) is 14.4. The third-order valence-electron chi connectivity index (χ3n) is 3.45. The van der Waals surface area contributed by atoms with E-state index in [-0.39, 0.29) is 24.1 Å². The first-order valence-corrected chi connectivity index (χ1v) is 6.97. The van der Waals surface area contributed by atoms with Crippen molar-refractivity contribution in [3.05, 3.63) is 35.6 Å². The summed E-state index contributed by atoms with van der Waals surface area (Å²) in [7, 11) is 0. The number of halogens is 1. The van der Waals surface area contributed by atoms with Crippen molar-refractivity contribution in [2.24, 2.45) is 0 Å². The Morgan fingerprint density at radius 2 is 2.15 bits per heavy atom. The van der Waals surface area contributed by atoms with Crippen molar-refractivity contribution in [2.75, 3.05) is 6.54 Å². The molecule has 1 fully saturated rings. The van der Waals surface area contributed by atoms with Gasteiger partial charge in [-0.25, -0.2) is 4.39 Å². The second-order valence-corrected chi connectivity index (χ2v) is 5.00. The predicted octanol–water partition coefficient (Wildman–Crippen LogP) is 1.54. The second kappa shape index (κ2) is 7.03. The van der Waals surface area contributed by atoms with Gasteiger partial charge in [0, 0.05) is 13.0 Å². The third kappa shape index (κ3) is 4.05. The highest BCUT2D eigenvalue weighted by molar-refractivity contribution is 5.87. The fourth-order valence-electron chi connectivity index (χ4n) is 2.29. The zero-order valence-electron chi connectivity index (χ0n) is 11.3. The molecule has 0 bridgehead atoms. The fourth-order valence-corrected chi connectivity index (χ4v) is 2.29. The van der Waals surface area contributed by atoms with Crippen LogP contribution >= 0.6 is 0 Å². The topological polar surface area (TPSA) is 58.2 Å². The summed E-state index contributed by atoms with van der Waals surface area (Å²) in [5.41, 5.74) is 0.521. The molecule has 2 rings (SSSR count). The first-order chi connectivity index (χ1) is 9.66. The number of rotatable bonds is 4. The van der Waals surface area contributed by atoms with Gasteiger partial charge in [-0.1, -0.05) is 18.2 Å². The molecule has 108 valence electrons. The molecule has 1 heterocycles. The van der Waals surface area contributed by atoms with E-state index in [1.54, 1.807) is 18.2 Å². The lowest BCUT2D eigenvalue weighted by Crippen LogP contribution is -2.45. The molecule has 0 saturated carbocycles. The van der Waals surface area contributed by atoms with Crippen LogP contribution in [0.5, 0.6) is 0 Å². The molecule has 1 aromatic carbocycles. The Hall–Kier alpha value is -1.91. The van der Waals surface area contributed by atoms with Gasteiger partial charge in [-0.3, -0.25) is 9.59 Å². The van der Waals surface area contributed by atoms with Gasteiger partial charge in [0.15, 0.2) is 0 Å². The first kappa shape index (κ1) is 14.5. The SMILES string of the molecule is O=C(CCc1ccccc1F)N[C@H]1CCCCNC1=O. The minimum atomic E-state index is -0.453. The molecule has 1 aliphatic rings. The van der Waals surface area contributed by atoms with Crippen LogP contribution in [0.15, 0.2) is 24.3 Å². The summed E-state index contributed by atoms with van der Waals surface area (Å²) in [5, 5.41) is 5.49. The summed E-state index contributed by atoms with van der Waals surface area (Å²) >= 11 is 0. The molecule has 0 radical (unpaired) electrons. The standard InChI is InChI=1S/C15H19FN2O2/c16-12-6-2-1-5-11(12)8-9-14(19)18-13-7-3-4-10-17-15(13)20/h1-2,5-6,13H,3-4,7-10H2,(H,17,20)(H,18,19)/t13-/m0/s1. The molecule has 2 N–H and O–H groups in total. The second-order valence-electron chi connectivity index (χ2n) is 5.00. The van der Waals surface area contributed by atoms with Crippen molar-refractivity contribution in [3.8, 4) is 0 Å². The Balaban J connectivity index is 1.83. The molecule has 4 nitrogen and oxygen atoms in total. The fraction of sp³-hybridized carbons (Fsp3) is 0.467. The number of hydrogen-bond acceptors (Lipinski definition) is 2. The quantitative estimate of drug-likeness (QED) is 0.878. The predicted molar refractivity (Wildman–Crippen MR) is 73.5 cm³/mol. The van der Waals surface area contributed by atoms with E-state index in [4.69, 9.17) is 0 Å². The van der Waals surface area contributed by atoms with Gasteiger partial charge in [0.25, 0.3) is 0 Å². The molecule has 20 heavy (non-hydrogen) atoms. The molecule has 0 unspecified atom stereocenters. The van der Waals surface area contributed by atoms with Crippen LogP contribution in [-0.2, 0) is 16.0 Å². The van der Waals surface area contributed by atoms with Crippen LogP contribution in [0.3, 0.4) is 0 Å². The summed E-state index contributed by atoms with van der Waals surface area (Å²) in [6.45, 7) is 0.667. The van der Waals surface area contributed by atoms with Gasteiger partial charge in [-0.15, -0.1) is 0 Å². The summed E-state index contributed by atoms with van der Waals surface area (Å²) in [6, 6.07) is 5.96. The highest BCUT2D eigenvalue weighted by Gasteiger charge is 2.22. The number of aryl methyl sites for hydroxylation is 1. The molecule has 0 aromatic heterocycles. The Bertz CT molecular complexity index is 491. The van der Waals surface area contributed by atoms with Crippen LogP contribution in [0, 0.1) is 5.82 Å². The highest BCUT2D eigenvalue weighted by atomic mass is 19.1. The van der Waals surface area contributed by atoms with Crippen molar-refractivity contribution in [1.29, 1.82) is 0 Å². The van der Waals surface area contributed by atoms with Crippen LogP contribution in [0.1, 0.15) is 31.2 Å². The maximum atomic E-state index is 13.4. The average molecular weight is 278 g/mol. The van der Waals surface area contributed by atoms with Gasteiger partial charge in [0.2, 0.25) is 11.8 Å². The lowest BCUT2D eigenvalue weighted by Gasteiger charge is -2.15. The lowest BCUT2D eigenvalue weighted by molar-refractivity contribution is -0.128. The molecule has 1 atom stereocenters. The Morgan fingerprint density at radius 3 is 2.95 bits per heavy atom. The molecule has 1 saturated heterocycles. The van der Waals surface area contributed by atoms with Crippen LogP contribution in [-0.4, -0.2) is 24.4 Å². The van der Waals surface area contributed by atoms with Gasteiger partial charge >= 0.3 is 0 Å². The number of nitrogens with one attached hydrogen (secondary N) is 2. The lowest BCUT2D eigenvalue weighted by atomic mass is 10.1. The zero-order valence-corrected chi connectivity index (χ0v) is 11.3. The summed E-state index contributed by atoms with van der Waals surface area (Å²) in [4.78, 5) is 23.5. The number of carbonyl (C=O) groups excluding carboxylic acids is 2. The minimum absolute atomic E-state index is 0.123. The van der Waals surface area contributed by atoms with Crippen molar-refractivity contribution < 1.29 is 14.0 Å². The number of amides is 2. The average Bonchev–Trinajstić information content (AvgIpc) is 2.63. The van der Waals surface area contributed by atoms with Crippen LogP contribution in [0.2, 0.25) is 0 Å². The van der Waals surface area contributed by atoms with E-state index in [0.717, 1.165) is 12.8 Å². The number of carbonyl (C=O) groups is 2. The van der Waals surface area contributed by atoms with Gasteiger partial charge in [-0.05, 0) is 37.3 Å². The van der Waals surface area contributed by atoms with E-state index >= 15 is 0 Å². The monoisotopic (exact) mass is 278 g/mol. The largest absolute Gasteiger partial charge is 0.354 e. The van der Waals surface area contributed by atoms with Gasteiger partial charge in [-0.2, -0.15) is 0 Å². The molecular weight excluding hydrogens is 259 g/mol. The Labute approximate surface area is 117 Å². The Kier molecular flexibility index (Phi) is 5.09. The smallest absolute Gasteiger partial charge is 0.242 e. The molecular formula is C15H19FN2O2. The third-order valence-corrected chi connectivity index (χ3v) is 3.45. The molecule has 1 aromatic rings. The van der Waals surface area contributed by atoms with Crippen LogP contribution < -0.4 is 10.6 Å². The van der Waals surface area contributed by atoms with Gasteiger partial charge < -0.3 is 10.6 Å². The number of benzene rings is 1.